The largest absolute Gasteiger partial charge is 0.476 e. The lowest BCUT2D eigenvalue weighted by atomic mass is 10.2. The third-order valence-electron chi connectivity index (χ3n) is 4.36. The van der Waals surface area contributed by atoms with Crippen LogP contribution in [0.1, 0.15) is 31.3 Å². The molecule has 1 aliphatic heterocycles. The van der Waals surface area contributed by atoms with E-state index in [1.807, 2.05) is 43.3 Å². The zero-order chi connectivity index (χ0) is 18.6. The number of aromatic nitrogens is 4. The minimum absolute atomic E-state index is 0.432. The van der Waals surface area contributed by atoms with Crippen molar-refractivity contribution in [3.63, 3.8) is 0 Å². The molecule has 1 saturated heterocycles. The third-order valence-corrected chi connectivity index (χ3v) is 4.56. The Morgan fingerprint density at radius 2 is 1.78 bits per heavy atom. The van der Waals surface area contributed by atoms with E-state index in [1.54, 1.807) is 6.08 Å². The summed E-state index contributed by atoms with van der Waals surface area (Å²) in [5.74, 6) is 1.90. The maximum atomic E-state index is 6.20. The van der Waals surface area contributed by atoms with Crippen LogP contribution >= 0.6 is 11.6 Å². The Balaban J connectivity index is 1.68. The quantitative estimate of drug-likeness (QED) is 0.616. The standard InChI is InChI=1S/C20H20ClN5O/c1-2-27-20-16(22-14-7-3-4-8-15(14)23-20)9-10-18-24-17(21)13-19(25-18)26-11-5-6-12-26/h3-4,7-10,13H,2,5-6,11-12H2,1H3. The maximum absolute atomic E-state index is 6.20. The van der Waals surface area contributed by atoms with E-state index < -0.39 is 0 Å². The molecule has 0 radical (unpaired) electrons. The van der Waals surface area contributed by atoms with Crippen molar-refractivity contribution in [2.75, 3.05) is 24.6 Å². The summed E-state index contributed by atoms with van der Waals surface area (Å²) in [6.07, 6.45) is 5.98. The van der Waals surface area contributed by atoms with Crippen LogP contribution < -0.4 is 9.64 Å². The van der Waals surface area contributed by atoms with Crippen molar-refractivity contribution in [3.8, 4) is 5.88 Å². The average Bonchev–Trinajstić information content (AvgIpc) is 3.21. The first-order chi connectivity index (χ1) is 13.2. The highest BCUT2D eigenvalue weighted by atomic mass is 35.5. The van der Waals surface area contributed by atoms with E-state index >= 15 is 0 Å². The second-order valence-electron chi connectivity index (χ2n) is 6.27. The smallest absolute Gasteiger partial charge is 0.240 e. The zero-order valence-corrected chi connectivity index (χ0v) is 15.9. The van der Waals surface area contributed by atoms with Crippen LogP contribution in [0.25, 0.3) is 23.2 Å². The molecule has 3 aromatic rings. The fraction of sp³-hybridized carbons (Fsp3) is 0.300. The van der Waals surface area contributed by atoms with Gasteiger partial charge in [-0.05, 0) is 44.1 Å². The summed E-state index contributed by atoms with van der Waals surface area (Å²) in [6.45, 7) is 4.44. The molecule has 2 aromatic heterocycles. The number of halogens is 1. The van der Waals surface area contributed by atoms with Crippen molar-refractivity contribution in [1.29, 1.82) is 0 Å². The summed E-state index contributed by atoms with van der Waals surface area (Å²) in [4.78, 5) is 20.4. The van der Waals surface area contributed by atoms with Crippen LogP contribution in [0.5, 0.6) is 5.88 Å². The Hall–Kier alpha value is -2.73. The molecule has 0 atom stereocenters. The van der Waals surface area contributed by atoms with Gasteiger partial charge in [-0.15, -0.1) is 0 Å². The van der Waals surface area contributed by atoms with Crippen LogP contribution in [0.4, 0.5) is 5.82 Å². The first kappa shape index (κ1) is 17.7. The van der Waals surface area contributed by atoms with Gasteiger partial charge in [-0.25, -0.2) is 19.9 Å². The fourth-order valence-corrected chi connectivity index (χ4v) is 3.29. The number of hydrogen-bond donors (Lipinski definition) is 0. The summed E-state index contributed by atoms with van der Waals surface area (Å²) in [7, 11) is 0. The monoisotopic (exact) mass is 381 g/mol. The van der Waals surface area contributed by atoms with E-state index in [9.17, 15) is 0 Å². The Bertz CT molecular complexity index is 985. The van der Waals surface area contributed by atoms with Crippen LogP contribution in [0.15, 0.2) is 30.3 Å². The van der Waals surface area contributed by atoms with Gasteiger partial charge in [0.2, 0.25) is 5.88 Å². The molecule has 0 N–H and O–H groups in total. The van der Waals surface area contributed by atoms with Crippen LogP contribution in [0, 0.1) is 0 Å². The predicted octanol–water partition coefficient (Wildman–Crippen LogP) is 4.24. The Morgan fingerprint density at radius 3 is 2.52 bits per heavy atom. The zero-order valence-electron chi connectivity index (χ0n) is 15.1. The van der Waals surface area contributed by atoms with E-state index in [-0.39, 0.29) is 0 Å². The molecule has 4 rings (SSSR count). The van der Waals surface area contributed by atoms with Gasteiger partial charge in [0, 0.05) is 19.2 Å². The van der Waals surface area contributed by atoms with Gasteiger partial charge >= 0.3 is 0 Å². The highest BCUT2D eigenvalue weighted by Gasteiger charge is 2.15. The lowest BCUT2D eigenvalue weighted by Gasteiger charge is -2.16. The highest BCUT2D eigenvalue weighted by molar-refractivity contribution is 6.29. The van der Waals surface area contributed by atoms with E-state index in [1.165, 1.54) is 12.8 Å². The molecule has 138 valence electrons. The molecule has 6 nitrogen and oxygen atoms in total. The first-order valence-electron chi connectivity index (χ1n) is 9.10. The third kappa shape index (κ3) is 4.01. The SMILES string of the molecule is CCOc1nc2ccccc2nc1C=Cc1nc(Cl)cc(N2CCCC2)n1. The average molecular weight is 382 g/mol. The summed E-state index contributed by atoms with van der Waals surface area (Å²) in [5, 5.41) is 0.432. The Kier molecular flexibility index (Phi) is 5.16. The van der Waals surface area contributed by atoms with Crippen molar-refractivity contribution >= 4 is 40.6 Å². The van der Waals surface area contributed by atoms with Crippen molar-refractivity contribution in [1.82, 2.24) is 19.9 Å². The normalized spacial score (nSPS) is 14.4. The maximum Gasteiger partial charge on any atom is 0.240 e. The van der Waals surface area contributed by atoms with Gasteiger partial charge in [-0.2, -0.15) is 0 Å². The van der Waals surface area contributed by atoms with Crippen LogP contribution in [-0.2, 0) is 0 Å². The molecule has 1 fully saturated rings. The number of hydrogen-bond acceptors (Lipinski definition) is 6. The molecular weight excluding hydrogens is 362 g/mol. The lowest BCUT2D eigenvalue weighted by molar-refractivity contribution is 0.326. The second kappa shape index (κ2) is 7.88. The van der Waals surface area contributed by atoms with Crippen molar-refractivity contribution in [2.45, 2.75) is 19.8 Å². The molecule has 0 bridgehead atoms. The number of nitrogens with zero attached hydrogens (tertiary/aromatic N) is 5. The number of ether oxygens (including phenoxy) is 1. The Labute approximate surface area is 162 Å². The molecule has 1 aliphatic rings. The molecule has 0 unspecified atom stereocenters. The van der Waals surface area contributed by atoms with Gasteiger partial charge in [0.25, 0.3) is 0 Å². The van der Waals surface area contributed by atoms with Crippen molar-refractivity contribution in [3.05, 3.63) is 47.0 Å². The van der Waals surface area contributed by atoms with E-state index in [4.69, 9.17) is 16.3 Å². The minimum atomic E-state index is 0.432. The Morgan fingerprint density at radius 1 is 1.04 bits per heavy atom. The van der Waals surface area contributed by atoms with E-state index in [0.29, 0.717) is 29.2 Å². The van der Waals surface area contributed by atoms with Crippen molar-refractivity contribution < 1.29 is 4.74 Å². The van der Waals surface area contributed by atoms with Gasteiger partial charge in [0.1, 0.15) is 16.7 Å². The molecule has 3 heterocycles. The van der Waals surface area contributed by atoms with E-state index in [0.717, 1.165) is 29.9 Å². The lowest BCUT2D eigenvalue weighted by Crippen LogP contribution is -2.19. The fourth-order valence-electron chi connectivity index (χ4n) is 3.11. The van der Waals surface area contributed by atoms with Crippen LogP contribution in [0.2, 0.25) is 5.15 Å². The molecule has 0 amide bonds. The molecule has 0 saturated carbocycles. The number of benzene rings is 1. The topological polar surface area (TPSA) is 64.0 Å². The van der Waals surface area contributed by atoms with Crippen LogP contribution in [0.3, 0.4) is 0 Å². The summed E-state index contributed by atoms with van der Waals surface area (Å²) >= 11 is 6.20. The second-order valence-corrected chi connectivity index (χ2v) is 6.66. The van der Waals surface area contributed by atoms with Crippen molar-refractivity contribution in [2.24, 2.45) is 0 Å². The molecular formula is C20H20ClN5O. The highest BCUT2D eigenvalue weighted by Crippen LogP contribution is 2.23. The van der Waals surface area contributed by atoms with E-state index in [2.05, 4.69) is 24.8 Å². The minimum Gasteiger partial charge on any atom is -0.476 e. The predicted molar refractivity (Wildman–Crippen MR) is 108 cm³/mol. The number of rotatable bonds is 5. The molecule has 0 aliphatic carbocycles. The van der Waals surface area contributed by atoms with Gasteiger partial charge in [0.15, 0.2) is 5.82 Å². The van der Waals surface area contributed by atoms with Gasteiger partial charge in [-0.3, -0.25) is 0 Å². The summed E-state index contributed by atoms with van der Waals surface area (Å²) in [5.41, 5.74) is 2.25. The number of para-hydroxylation sites is 2. The van der Waals surface area contributed by atoms with Gasteiger partial charge in [0.05, 0.1) is 17.6 Å². The van der Waals surface area contributed by atoms with Gasteiger partial charge in [-0.1, -0.05) is 23.7 Å². The van der Waals surface area contributed by atoms with Gasteiger partial charge < -0.3 is 9.64 Å². The molecule has 7 heteroatoms. The summed E-state index contributed by atoms with van der Waals surface area (Å²) < 4.78 is 5.66. The number of anilines is 1. The number of fused-ring (bicyclic) bond motifs is 1. The first-order valence-corrected chi connectivity index (χ1v) is 9.48. The van der Waals surface area contributed by atoms with Crippen LogP contribution in [-0.4, -0.2) is 39.6 Å². The molecule has 1 aromatic carbocycles. The molecule has 27 heavy (non-hydrogen) atoms. The molecule has 0 spiro atoms. The summed E-state index contributed by atoms with van der Waals surface area (Å²) in [6, 6.07) is 9.53.